The molecular weight excluding hydrogens is 351 g/mol. The summed E-state index contributed by atoms with van der Waals surface area (Å²) >= 11 is 12.2. The lowest BCUT2D eigenvalue weighted by molar-refractivity contribution is -0.129. The van der Waals surface area contributed by atoms with E-state index >= 15 is 0 Å². The minimum Gasteiger partial charge on any atom is -0.467 e. The van der Waals surface area contributed by atoms with Gasteiger partial charge < -0.3 is 14.6 Å². The first kappa shape index (κ1) is 16.9. The van der Waals surface area contributed by atoms with E-state index in [0.717, 1.165) is 0 Å². The van der Waals surface area contributed by atoms with Crippen LogP contribution in [0.4, 0.5) is 0 Å². The quantitative estimate of drug-likeness (QED) is 0.883. The van der Waals surface area contributed by atoms with Crippen molar-refractivity contribution in [3.8, 4) is 0 Å². The Balaban J connectivity index is 1.57. The van der Waals surface area contributed by atoms with Crippen LogP contribution in [-0.4, -0.2) is 23.3 Å². The highest BCUT2D eigenvalue weighted by Crippen LogP contribution is 2.25. The zero-order chi connectivity index (χ0) is 17.1. The average molecular weight is 367 g/mol. The molecule has 1 fully saturated rings. The van der Waals surface area contributed by atoms with E-state index in [4.69, 9.17) is 27.6 Å². The monoisotopic (exact) mass is 366 g/mol. The molecule has 1 aliphatic heterocycles. The van der Waals surface area contributed by atoms with Crippen molar-refractivity contribution in [3.63, 3.8) is 0 Å². The molecule has 2 amide bonds. The third-order valence-corrected chi connectivity index (χ3v) is 4.72. The molecule has 2 aromatic rings. The van der Waals surface area contributed by atoms with Crippen molar-refractivity contribution < 1.29 is 14.0 Å². The van der Waals surface area contributed by atoms with Crippen LogP contribution in [0.25, 0.3) is 0 Å². The van der Waals surface area contributed by atoms with Crippen LogP contribution in [0, 0.1) is 5.92 Å². The number of hydrogen-bond acceptors (Lipinski definition) is 3. The van der Waals surface area contributed by atoms with Gasteiger partial charge in [0.05, 0.1) is 18.7 Å². The van der Waals surface area contributed by atoms with E-state index < -0.39 is 0 Å². The number of nitrogens with one attached hydrogen (secondary N) is 1. The second-order valence-corrected chi connectivity index (χ2v) is 6.49. The fraction of sp³-hybridized carbons (Fsp3) is 0.294. The number of nitrogens with zero attached hydrogens (tertiary/aromatic N) is 1. The normalized spacial score (nSPS) is 17.3. The molecule has 1 saturated heterocycles. The first-order valence-electron chi connectivity index (χ1n) is 7.55. The highest BCUT2D eigenvalue weighted by molar-refractivity contribution is 6.36. The van der Waals surface area contributed by atoms with E-state index in [1.807, 2.05) is 0 Å². The molecule has 7 heteroatoms. The van der Waals surface area contributed by atoms with Gasteiger partial charge in [-0.15, -0.1) is 0 Å². The first-order valence-corrected chi connectivity index (χ1v) is 8.31. The number of halogens is 2. The maximum Gasteiger partial charge on any atom is 0.225 e. The molecule has 1 unspecified atom stereocenters. The van der Waals surface area contributed by atoms with Gasteiger partial charge in [-0.1, -0.05) is 29.3 Å². The Hall–Kier alpha value is -1.98. The van der Waals surface area contributed by atoms with Crippen molar-refractivity contribution in [3.05, 3.63) is 58.0 Å². The van der Waals surface area contributed by atoms with Crippen LogP contribution >= 0.6 is 23.2 Å². The number of carbonyl (C=O) groups excluding carboxylic acids is 2. The molecule has 1 N–H and O–H groups in total. The van der Waals surface area contributed by atoms with E-state index in [2.05, 4.69) is 5.32 Å². The van der Waals surface area contributed by atoms with Gasteiger partial charge in [0.25, 0.3) is 0 Å². The maximum atomic E-state index is 12.3. The van der Waals surface area contributed by atoms with E-state index in [0.29, 0.717) is 34.5 Å². The summed E-state index contributed by atoms with van der Waals surface area (Å²) in [4.78, 5) is 26.0. The van der Waals surface area contributed by atoms with Gasteiger partial charge in [-0.05, 0) is 24.3 Å². The third kappa shape index (κ3) is 3.74. The molecule has 0 radical (unpaired) electrons. The Kier molecular flexibility index (Phi) is 5.11. The number of hydrogen-bond donors (Lipinski definition) is 1. The van der Waals surface area contributed by atoms with Crippen molar-refractivity contribution in [2.75, 3.05) is 6.54 Å². The Morgan fingerprint density at radius 1 is 1.25 bits per heavy atom. The second-order valence-electron chi connectivity index (χ2n) is 5.67. The number of carbonyl (C=O) groups is 2. The lowest BCUT2D eigenvalue weighted by Gasteiger charge is -2.15. The topological polar surface area (TPSA) is 62.6 Å². The molecule has 1 aromatic carbocycles. The van der Waals surface area contributed by atoms with E-state index in [-0.39, 0.29) is 30.7 Å². The standard InChI is InChI=1S/C17H16Cl2N2O3/c18-14-4-1-5-15(19)13(14)8-20-17(23)11-7-16(22)21(9-11)10-12-3-2-6-24-12/h1-6,11H,7-10H2,(H,20,23). The highest BCUT2D eigenvalue weighted by atomic mass is 35.5. The predicted octanol–water partition coefficient (Wildman–Crippen LogP) is 3.25. The van der Waals surface area contributed by atoms with Crippen LogP contribution in [0.2, 0.25) is 10.0 Å². The van der Waals surface area contributed by atoms with Gasteiger partial charge in [0.2, 0.25) is 11.8 Å². The lowest BCUT2D eigenvalue weighted by atomic mass is 10.1. The van der Waals surface area contributed by atoms with Gasteiger partial charge in [-0.25, -0.2) is 0 Å². The lowest BCUT2D eigenvalue weighted by Crippen LogP contribution is -2.32. The zero-order valence-corrected chi connectivity index (χ0v) is 14.3. The van der Waals surface area contributed by atoms with Crippen LogP contribution in [-0.2, 0) is 22.7 Å². The van der Waals surface area contributed by atoms with Crippen LogP contribution in [0.1, 0.15) is 17.7 Å². The Morgan fingerprint density at radius 3 is 2.67 bits per heavy atom. The summed E-state index contributed by atoms with van der Waals surface area (Å²) in [5, 5.41) is 3.82. The molecule has 24 heavy (non-hydrogen) atoms. The van der Waals surface area contributed by atoms with Gasteiger partial charge in [0, 0.05) is 35.1 Å². The summed E-state index contributed by atoms with van der Waals surface area (Å²) in [5.41, 5.74) is 0.672. The number of benzene rings is 1. The molecule has 0 aliphatic carbocycles. The fourth-order valence-corrected chi connectivity index (χ4v) is 3.24. The first-order chi connectivity index (χ1) is 11.5. The van der Waals surface area contributed by atoms with E-state index in [1.165, 1.54) is 0 Å². The molecule has 1 atom stereocenters. The minimum absolute atomic E-state index is 0.0534. The number of likely N-dealkylation sites (tertiary alicyclic amines) is 1. The highest BCUT2D eigenvalue weighted by Gasteiger charge is 2.34. The van der Waals surface area contributed by atoms with Crippen LogP contribution in [0.5, 0.6) is 0 Å². The SMILES string of the molecule is O=C(NCc1c(Cl)cccc1Cl)C1CC(=O)N(Cc2ccco2)C1. The molecular formula is C17H16Cl2N2O3. The van der Waals surface area contributed by atoms with Gasteiger partial charge in [0.15, 0.2) is 0 Å². The average Bonchev–Trinajstić information content (AvgIpc) is 3.17. The van der Waals surface area contributed by atoms with Crippen molar-refractivity contribution in [2.45, 2.75) is 19.5 Å². The summed E-state index contributed by atoms with van der Waals surface area (Å²) in [7, 11) is 0. The molecule has 1 aliphatic rings. The van der Waals surface area contributed by atoms with Gasteiger partial charge in [-0.2, -0.15) is 0 Å². The third-order valence-electron chi connectivity index (χ3n) is 4.01. The van der Waals surface area contributed by atoms with Crippen molar-refractivity contribution in [2.24, 2.45) is 5.92 Å². The summed E-state index contributed by atoms with van der Waals surface area (Å²) in [6.45, 7) is 0.994. The summed E-state index contributed by atoms with van der Waals surface area (Å²) in [5.74, 6) is 0.0876. The summed E-state index contributed by atoms with van der Waals surface area (Å²) in [6.07, 6.45) is 1.76. The molecule has 2 heterocycles. The molecule has 0 saturated carbocycles. The largest absolute Gasteiger partial charge is 0.467 e. The Bertz CT molecular complexity index is 726. The molecule has 0 bridgehead atoms. The van der Waals surface area contributed by atoms with Crippen molar-refractivity contribution in [1.82, 2.24) is 10.2 Å². The van der Waals surface area contributed by atoms with Crippen LogP contribution < -0.4 is 5.32 Å². The molecule has 0 spiro atoms. The van der Waals surface area contributed by atoms with Gasteiger partial charge in [-0.3, -0.25) is 9.59 Å². The van der Waals surface area contributed by atoms with Crippen LogP contribution in [0.15, 0.2) is 41.0 Å². The maximum absolute atomic E-state index is 12.3. The zero-order valence-electron chi connectivity index (χ0n) is 12.8. The molecule has 1 aromatic heterocycles. The minimum atomic E-state index is -0.381. The molecule has 3 rings (SSSR count). The summed E-state index contributed by atoms with van der Waals surface area (Å²) < 4.78 is 5.25. The number of rotatable bonds is 5. The molecule has 5 nitrogen and oxygen atoms in total. The molecule has 126 valence electrons. The van der Waals surface area contributed by atoms with E-state index in [1.54, 1.807) is 41.5 Å². The van der Waals surface area contributed by atoms with Crippen molar-refractivity contribution in [1.29, 1.82) is 0 Å². The summed E-state index contributed by atoms with van der Waals surface area (Å²) in [6, 6.07) is 8.77. The Morgan fingerprint density at radius 2 is 2.00 bits per heavy atom. The van der Waals surface area contributed by atoms with Crippen LogP contribution in [0.3, 0.4) is 0 Å². The smallest absolute Gasteiger partial charge is 0.225 e. The van der Waals surface area contributed by atoms with Crippen molar-refractivity contribution >= 4 is 35.0 Å². The second kappa shape index (κ2) is 7.28. The van der Waals surface area contributed by atoms with Gasteiger partial charge >= 0.3 is 0 Å². The number of amides is 2. The van der Waals surface area contributed by atoms with E-state index in [9.17, 15) is 9.59 Å². The fourth-order valence-electron chi connectivity index (χ4n) is 2.71. The predicted molar refractivity (Wildman–Crippen MR) is 90.5 cm³/mol. The number of furan rings is 1. The Labute approximate surface area is 149 Å². The van der Waals surface area contributed by atoms with Gasteiger partial charge in [0.1, 0.15) is 5.76 Å².